The van der Waals surface area contributed by atoms with E-state index in [4.69, 9.17) is 23.4 Å². The fourth-order valence-electron chi connectivity index (χ4n) is 8.04. The number of ketones is 1. The molecule has 0 aromatic heterocycles. The third-order valence-corrected chi connectivity index (χ3v) is 15.9. The van der Waals surface area contributed by atoms with Gasteiger partial charge in [0.1, 0.15) is 6.10 Å². The van der Waals surface area contributed by atoms with Crippen molar-refractivity contribution in [3.63, 3.8) is 0 Å². The molecule has 1 N–H and O–H groups in total. The highest BCUT2D eigenvalue weighted by molar-refractivity contribution is 6.73. The topological polar surface area (TPSA) is 83.5 Å². The van der Waals surface area contributed by atoms with Crippen molar-refractivity contribution in [1.82, 2.24) is 0 Å². The van der Waals surface area contributed by atoms with E-state index in [0.717, 1.165) is 30.1 Å². The highest BCUT2D eigenvalue weighted by Gasteiger charge is 2.48. The van der Waals surface area contributed by atoms with Gasteiger partial charge in [0.05, 0.1) is 30.5 Å². The van der Waals surface area contributed by atoms with Crippen LogP contribution in [0.2, 0.25) is 18.1 Å². The Hall–Kier alpha value is -0.873. The van der Waals surface area contributed by atoms with Crippen LogP contribution in [0.4, 0.5) is 0 Å². The van der Waals surface area contributed by atoms with Crippen LogP contribution in [-0.4, -0.2) is 67.4 Å². The number of aliphatic hydroxyl groups excluding tert-OH is 1. The Morgan fingerprint density at radius 2 is 1.34 bits per heavy atom. The van der Waals surface area contributed by atoms with E-state index in [2.05, 4.69) is 75.0 Å². The molecule has 0 saturated carbocycles. The van der Waals surface area contributed by atoms with Gasteiger partial charge in [-0.1, -0.05) is 79.2 Å². The van der Waals surface area contributed by atoms with Crippen LogP contribution < -0.4 is 0 Å². The van der Waals surface area contributed by atoms with E-state index in [1.807, 2.05) is 41.5 Å². The maximum absolute atomic E-state index is 14.3. The van der Waals surface area contributed by atoms with Crippen molar-refractivity contribution in [2.45, 2.75) is 189 Å². The summed E-state index contributed by atoms with van der Waals surface area (Å²) in [5.41, 5.74) is 2.31. The van der Waals surface area contributed by atoms with Crippen LogP contribution in [0.15, 0.2) is 23.8 Å². The average Bonchev–Trinajstić information content (AvgIpc) is 3.00. The first-order valence-electron chi connectivity index (χ1n) is 18.5. The number of carbonyl (C=O) groups is 1. The van der Waals surface area contributed by atoms with Gasteiger partial charge in [0, 0.05) is 24.2 Å². The van der Waals surface area contributed by atoms with Gasteiger partial charge in [-0.15, -0.1) is 0 Å². The van der Waals surface area contributed by atoms with Crippen molar-refractivity contribution < 1.29 is 33.3 Å². The lowest BCUT2D eigenvalue weighted by Gasteiger charge is -2.49. The monoisotopic (exact) mass is 681 g/mol. The van der Waals surface area contributed by atoms with Crippen molar-refractivity contribution in [1.29, 1.82) is 0 Å². The molecular weight excluding hydrogens is 609 g/mol. The highest BCUT2D eigenvalue weighted by Crippen LogP contribution is 2.41. The van der Waals surface area contributed by atoms with Crippen molar-refractivity contribution >= 4 is 14.1 Å². The van der Waals surface area contributed by atoms with Gasteiger partial charge in [-0.3, -0.25) is 4.79 Å². The summed E-state index contributed by atoms with van der Waals surface area (Å²) < 4.78 is 32.7. The van der Waals surface area contributed by atoms with E-state index in [1.165, 1.54) is 5.57 Å². The van der Waals surface area contributed by atoms with Gasteiger partial charge >= 0.3 is 0 Å². The van der Waals surface area contributed by atoms with Crippen LogP contribution in [0, 0.1) is 29.6 Å². The molecule has 0 spiro atoms. The molecule has 11 atom stereocenters. The minimum absolute atomic E-state index is 0.0238. The van der Waals surface area contributed by atoms with Gasteiger partial charge < -0.3 is 28.5 Å². The van der Waals surface area contributed by atoms with Gasteiger partial charge in [0.2, 0.25) is 0 Å². The predicted octanol–water partition coefficient (Wildman–Crippen LogP) is 9.24. The second-order valence-electron chi connectivity index (χ2n) is 16.1. The van der Waals surface area contributed by atoms with Crippen LogP contribution in [0.25, 0.3) is 0 Å². The zero-order chi connectivity index (χ0) is 36.1. The number of Topliss-reactive ketones (excluding diaryl/α,β-unsaturated/α-hetero) is 1. The SMILES string of the molecule is C=C(C)[C@@H]1OC(C)(C)O[C@@H]([C@@H](C)C[C@H](O[Si](CC)(CC)CC)C(=O)C[C@H](O)[C@@H](C)[C@@H]2OC(C)(C)O[C@@H]([C@@H](C)C/C(C)=C/C)[C@H]2C)[C@H]1C. The molecule has 2 rings (SSSR count). The lowest BCUT2D eigenvalue weighted by Crippen LogP contribution is -2.56. The van der Waals surface area contributed by atoms with Crippen LogP contribution in [-0.2, 0) is 28.2 Å². The van der Waals surface area contributed by atoms with E-state index in [-0.39, 0.29) is 66.2 Å². The molecule has 0 aromatic rings. The maximum Gasteiger partial charge on any atom is 0.193 e. The predicted molar refractivity (Wildman–Crippen MR) is 195 cm³/mol. The van der Waals surface area contributed by atoms with Gasteiger partial charge in [0.25, 0.3) is 0 Å². The molecule has 2 saturated heterocycles. The van der Waals surface area contributed by atoms with E-state index in [0.29, 0.717) is 6.42 Å². The number of carbonyl (C=O) groups excluding carboxylic acids is 1. The fourth-order valence-corrected chi connectivity index (χ4v) is 10.9. The number of hydrogen-bond donors (Lipinski definition) is 1. The summed E-state index contributed by atoms with van der Waals surface area (Å²) in [6.45, 7) is 35.5. The standard InChI is InChI=1S/C39H72O7Si/c1-17-25(7)21-26(8)35-30(12)37(45-39(15,16)43-35)28(10)31(40)23-32(41)33(46-47(18-2,19-3)20-4)22-27(9)36-29(11)34(24(5)6)42-38(13,14)44-36/h17,26-31,33-37,40H,5,18-23H2,1-4,6-16H3/b25-17+/t26-,27-,28+,29-,30+,31-,33-,34-,35-,36-,37-/m0/s1. The number of ether oxygens (including phenoxy) is 4. The Morgan fingerprint density at radius 1 is 0.851 bits per heavy atom. The summed E-state index contributed by atoms with van der Waals surface area (Å²) in [4.78, 5) is 14.3. The summed E-state index contributed by atoms with van der Waals surface area (Å²) >= 11 is 0. The summed E-state index contributed by atoms with van der Waals surface area (Å²) in [6.07, 6.45) is 1.63. The zero-order valence-corrected chi connectivity index (χ0v) is 33.8. The summed E-state index contributed by atoms with van der Waals surface area (Å²) in [5.74, 6) is -1.42. The molecule has 7 nitrogen and oxygen atoms in total. The van der Waals surface area contributed by atoms with Gasteiger partial charge in [-0.25, -0.2) is 0 Å². The summed E-state index contributed by atoms with van der Waals surface area (Å²) in [5, 5.41) is 11.7. The molecule has 8 heteroatoms. The summed E-state index contributed by atoms with van der Waals surface area (Å²) in [6, 6.07) is 2.84. The first-order chi connectivity index (χ1) is 21.7. The normalized spacial score (nSPS) is 31.4. The largest absolute Gasteiger partial charge is 0.407 e. The first-order valence-corrected chi connectivity index (χ1v) is 21.1. The van der Waals surface area contributed by atoms with Crippen molar-refractivity contribution in [2.24, 2.45) is 29.6 Å². The molecule has 2 aliphatic heterocycles. The Bertz CT molecular complexity index is 1040. The van der Waals surface area contributed by atoms with Crippen LogP contribution in [0.3, 0.4) is 0 Å². The molecule has 0 amide bonds. The number of rotatable bonds is 17. The van der Waals surface area contributed by atoms with Crippen molar-refractivity contribution in [3.05, 3.63) is 23.8 Å². The van der Waals surface area contributed by atoms with Gasteiger partial charge in [-0.05, 0) is 91.3 Å². The maximum atomic E-state index is 14.3. The lowest BCUT2D eigenvalue weighted by molar-refractivity contribution is -0.337. The minimum atomic E-state index is -2.14. The molecule has 0 radical (unpaired) electrons. The van der Waals surface area contributed by atoms with Crippen molar-refractivity contribution in [2.75, 3.05) is 0 Å². The molecular formula is C39H72O7Si. The molecule has 2 fully saturated rings. The van der Waals surface area contributed by atoms with E-state index >= 15 is 0 Å². The van der Waals surface area contributed by atoms with Crippen LogP contribution in [0.5, 0.6) is 0 Å². The second-order valence-corrected chi connectivity index (χ2v) is 20.8. The second kappa shape index (κ2) is 17.4. The molecule has 0 aliphatic carbocycles. The number of allylic oxidation sites excluding steroid dienone is 2. The Kier molecular flexibility index (Phi) is 15.6. The summed E-state index contributed by atoms with van der Waals surface area (Å²) in [7, 11) is -2.14. The molecule has 2 aliphatic rings. The molecule has 47 heavy (non-hydrogen) atoms. The molecule has 274 valence electrons. The van der Waals surface area contributed by atoms with E-state index in [1.54, 1.807) is 0 Å². The molecule has 0 bridgehead atoms. The number of hydrogen-bond acceptors (Lipinski definition) is 7. The Morgan fingerprint density at radius 3 is 1.83 bits per heavy atom. The Labute approximate surface area is 289 Å². The zero-order valence-electron chi connectivity index (χ0n) is 32.8. The first kappa shape index (κ1) is 42.3. The third kappa shape index (κ3) is 11.1. The molecule has 2 heterocycles. The third-order valence-electron chi connectivity index (χ3n) is 11.3. The fraction of sp³-hybridized carbons (Fsp3) is 0.872. The number of aliphatic hydroxyl groups is 1. The Balaban J connectivity index is 2.32. The quantitative estimate of drug-likeness (QED) is 0.121. The highest BCUT2D eigenvalue weighted by atomic mass is 28.4. The van der Waals surface area contributed by atoms with E-state index < -0.39 is 32.1 Å². The van der Waals surface area contributed by atoms with E-state index in [9.17, 15) is 9.90 Å². The lowest BCUT2D eigenvalue weighted by atomic mass is 9.78. The smallest absolute Gasteiger partial charge is 0.193 e. The minimum Gasteiger partial charge on any atom is -0.407 e. The van der Waals surface area contributed by atoms with Crippen LogP contribution >= 0.6 is 0 Å². The molecule has 0 aromatic carbocycles. The van der Waals surface area contributed by atoms with Gasteiger partial charge in [0.15, 0.2) is 25.7 Å². The molecule has 0 unspecified atom stereocenters. The van der Waals surface area contributed by atoms with Gasteiger partial charge in [-0.2, -0.15) is 0 Å². The van der Waals surface area contributed by atoms with Crippen LogP contribution in [0.1, 0.15) is 123 Å². The average molecular weight is 681 g/mol. The van der Waals surface area contributed by atoms with Crippen molar-refractivity contribution in [3.8, 4) is 0 Å².